The van der Waals surface area contributed by atoms with E-state index in [4.69, 9.17) is 0 Å². The number of hydrogen-bond acceptors (Lipinski definition) is 3. The third-order valence-electron chi connectivity index (χ3n) is 4.63. The van der Waals surface area contributed by atoms with Gasteiger partial charge in [0.25, 0.3) is 0 Å². The molecule has 0 amide bonds. The Balaban J connectivity index is 6.31. The van der Waals surface area contributed by atoms with Gasteiger partial charge >= 0.3 is 15.2 Å². The van der Waals surface area contributed by atoms with Crippen LogP contribution in [0.5, 0.6) is 0 Å². The molecule has 9 heteroatoms. The molecule has 0 spiro atoms. The largest absolute Gasteiger partial charge is 0.358 e. The molecule has 0 aliphatic heterocycles. The van der Waals surface area contributed by atoms with Crippen molar-refractivity contribution in [2.75, 3.05) is 7.05 Å². The molecule has 0 unspecified atom stereocenters. The van der Waals surface area contributed by atoms with Crippen LogP contribution in [-0.4, -0.2) is 42.1 Å². The third kappa shape index (κ3) is 3.05. The molecule has 0 saturated carbocycles. The first kappa shape index (κ1) is 20.3. The molecule has 0 fully saturated rings. The van der Waals surface area contributed by atoms with E-state index in [9.17, 15) is 28.7 Å². The van der Waals surface area contributed by atoms with Crippen molar-refractivity contribution in [2.45, 2.75) is 63.9 Å². The molecule has 7 nitrogen and oxygen atoms in total. The Kier molecular flexibility index (Phi) is 6.66. The van der Waals surface area contributed by atoms with Crippen LogP contribution in [0.2, 0.25) is 0 Å². The molecule has 0 aromatic carbocycles. The quantitative estimate of drug-likeness (QED) is 0.504. The minimum absolute atomic E-state index is 0.334. The normalized spacial score (nSPS) is 14.9. The van der Waals surface area contributed by atoms with Crippen LogP contribution in [0.1, 0.15) is 53.4 Å². The van der Waals surface area contributed by atoms with E-state index < -0.39 is 25.8 Å². The second kappa shape index (κ2) is 6.57. The van der Waals surface area contributed by atoms with Gasteiger partial charge in [-0.1, -0.05) is 27.7 Å². The van der Waals surface area contributed by atoms with E-state index in [1.807, 2.05) is 20.8 Å². The molecule has 0 saturated heterocycles. The predicted molar refractivity (Wildman–Crippen MR) is 78.5 cm³/mol. The van der Waals surface area contributed by atoms with E-state index in [0.717, 1.165) is 0 Å². The average molecular weight is 331 g/mol. The maximum atomic E-state index is 11.9. The monoisotopic (exact) mass is 331 g/mol. The molecule has 0 atom stereocenters. The van der Waals surface area contributed by atoms with Gasteiger partial charge in [-0.25, -0.2) is 0 Å². The van der Waals surface area contributed by atoms with Gasteiger partial charge in [-0.05, 0) is 32.7 Å². The summed E-state index contributed by atoms with van der Waals surface area (Å²) in [6.45, 7) is 6.94. The first-order valence-electron chi connectivity index (χ1n) is 6.75. The molecule has 0 bridgehead atoms. The smallest absolute Gasteiger partial charge is 0.323 e. The van der Waals surface area contributed by atoms with E-state index in [1.165, 1.54) is 18.9 Å². The third-order valence-corrected chi connectivity index (χ3v) is 9.29. The molecule has 0 heterocycles. The van der Waals surface area contributed by atoms with Crippen LogP contribution in [0.15, 0.2) is 0 Å². The molecule has 0 aromatic heterocycles. The van der Waals surface area contributed by atoms with Gasteiger partial charge in [-0.3, -0.25) is 14.0 Å². The summed E-state index contributed by atoms with van der Waals surface area (Å²) in [5.74, 6) is 0. The molecule has 0 aliphatic carbocycles. The molecule has 4 N–H and O–H groups in total. The predicted octanol–water partition coefficient (Wildman–Crippen LogP) is 2.31. The van der Waals surface area contributed by atoms with Gasteiger partial charge in [-0.2, -0.15) is 0 Å². The van der Waals surface area contributed by atoms with E-state index in [2.05, 4.69) is 0 Å². The maximum absolute atomic E-state index is 11.9. The van der Waals surface area contributed by atoms with Crippen LogP contribution in [0.4, 0.5) is 0 Å². The Morgan fingerprint density at radius 3 is 1.25 bits per heavy atom. The van der Waals surface area contributed by atoms with Crippen molar-refractivity contribution in [3.05, 3.63) is 0 Å². The molecule has 122 valence electrons. The van der Waals surface area contributed by atoms with Crippen molar-refractivity contribution in [1.29, 1.82) is 0 Å². The summed E-state index contributed by atoms with van der Waals surface area (Å²) < 4.78 is 23.9. The van der Waals surface area contributed by atoms with Crippen molar-refractivity contribution in [1.82, 2.24) is 4.90 Å². The first-order chi connectivity index (χ1) is 8.90. The lowest BCUT2D eigenvalue weighted by atomic mass is 9.88. The Labute approximate surface area is 120 Å². The molecular weight excluding hydrogens is 304 g/mol. The maximum Gasteiger partial charge on any atom is 0.358 e. The highest BCUT2D eigenvalue weighted by atomic mass is 31.2. The highest BCUT2D eigenvalue weighted by Crippen LogP contribution is 2.72. The zero-order valence-corrected chi connectivity index (χ0v) is 14.6. The fourth-order valence-corrected chi connectivity index (χ4v) is 6.44. The fraction of sp³-hybridized carbons (Fsp3) is 1.00. The van der Waals surface area contributed by atoms with Crippen LogP contribution in [0.25, 0.3) is 0 Å². The SMILES string of the molecule is CCC(CC)(CC)N(C)C(CC)(P(=O)(O)O)P(=O)(O)O. The van der Waals surface area contributed by atoms with Crippen molar-refractivity contribution in [3.8, 4) is 0 Å². The molecule has 0 rings (SSSR count). The van der Waals surface area contributed by atoms with Crippen molar-refractivity contribution >= 4 is 15.2 Å². The van der Waals surface area contributed by atoms with Crippen LogP contribution < -0.4 is 0 Å². The lowest BCUT2D eigenvalue weighted by Gasteiger charge is -2.51. The first-order valence-corrected chi connectivity index (χ1v) is 9.97. The second-order valence-electron chi connectivity index (χ2n) is 5.06. The van der Waals surface area contributed by atoms with Gasteiger partial charge < -0.3 is 19.6 Å². The van der Waals surface area contributed by atoms with Crippen LogP contribution in [0.3, 0.4) is 0 Å². The highest BCUT2D eigenvalue weighted by Gasteiger charge is 2.64. The minimum Gasteiger partial charge on any atom is -0.323 e. The summed E-state index contributed by atoms with van der Waals surface area (Å²) in [6.07, 6.45) is 1.29. The Hall–Kier alpha value is 0.260. The molecule has 0 aromatic rings. The topological polar surface area (TPSA) is 118 Å². The van der Waals surface area contributed by atoms with Crippen LogP contribution >= 0.6 is 15.2 Å². The standard InChI is InChI=1S/C11H27NO6P2/c1-6-10(7-2,8-3)12(5)11(9-4,19(13,14)15)20(16,17)18/h6-9H2,1-5H3,(H2,13,14,15)(H2,16,17,18). The van der Waals surface area contributed by atoms with Gasteiger partial charge in [0.15, 0.2) is 0 Å². The number of nitrogens with zero attached hydrogens (tertiary/aromatic N) is 1. The van der Waals surface area contributed by atoms with Gasteiger partial charge in [-0.15, -0.1) is 0 Å². The summed E-state index contributed by atoms with van der Waals surface area (Å²) in [6, 6.07) is 0. The van der Waals surface area contributed by atoms with E-state index in [1.54, 1.807) is 0 Å². The lowest BCUT2D eigenvalue weighted by Crippen LogP contribution is -2.57. The zero-order chi connectivity index (χ0) is 16.4. The summed E-state index contributed by atoms with van der Waals surface area (Å²) >= 11 is 0. The van der Waals surface area contributed by atoms with Gasteiger partial charge in [0.05, 0.1) is 0 Å². The summed E-state index contributed by atoms with van der Waals surface area (Å²) in [5, 5.41) is -2.47. The average Bonchev–Trinajstić information content (AvgIpc) is 2.29. The van der Waals surface area contributed by atoms with Crippen molar-refractivity contribution in [3.63, 3.8) is 0 Å². The molecule has 20 heavy (non-hydrogen) atoms. The van der Waals surface area contributed by atoms with Gasteiger partial charge in [0.2, 0.25) is 5.02 Å². The second-order valence-corrected chi connectivity index (χ2v) is 9.07. The Morgan fingerprint density at radius 2 is 1.10 bits per heavy atom. The molecule has 0 aliphatic rings. The van der Waals surface area contributed by atoms with Crippen LogP contribution in [-0.2, 0) is 9.13 Å². The fourth-order valence-electron chi connectivity index (χ4n) is 3.05. The van der Waals surface area contributed by atoms with Crippen molar-refractivity contribution < 1.29 is 28.7 Å². The van der Waals surface area contributed by atoms with E-state index in [0.29, 0.717) is 19.3 Å². The Bertz CT molecular complexity index is 381. The molecular formula is C11H27NO6P2. The number of rotatable bonds is 8. The highest BCUT2D eigenvalue weighted by molar-refractivity contribution is 7.72. The minimum atomic E-state index is -5.06. The summed E-state index contributed by atoms with van der Waals surface area (Å²) in [5.41, 5.74) is -0.668. The molecule has 0 radical (unpaired) electrons. The van der Waals surface area contributed by atoms with E-state index >= 15 is 0 Å². The van der Waals surface area contributed by atoms with E-state index in [-0.39, 0.29) is 6.42 Å². The summed E-state index contributed by atoms with van der Waals surface area (Å²) in [4.78, 5) is 39.9. The summed E-state index contributed by atoms with van der Waals surface area (Å²) in [7, 11) is -8.71. The van der Waals surface area contributed by atoms with Crippen molar-refractivity contribution in [2.24, 2.45) is 0 Å². The van der Waals surface area contributed by atoms with Crippen LogP contribution in [0, 0.1) is 0 Å². The lowest BCUT2D eigenvalue weighted by molar-refractivity contribution is 0.0447. The number of hydrogen-bond donors (Lipinski definition) is 4. The zero-order valence-electron chi connectivity index (χ0n) is 12.8. The van der Waals surface area contributed by atoms with Gasteiger partial charge in [0.1, 0.15) is 0 Å². The van der Waals surface area contributed by atoms with Gasteiger partial charge in [0, 0.05) is 5.54 Å². The Morgan fingerprint density at radius 1 is 0.800 bits per heavy atom.